The van der Waals surface area contributed by atoms with E-state index in [1.807, 2.05) is 0 Å². The molecule has 0 aromatic carbocycles. The molecule has 0 saturated heterocycles. The van der Waals surface area contributed by atoms with E-state index < -0.39 is 0 Å². The third kappa shape index (κ3) is 3.99. The van der Waals surface area contributed by atoms with Crippen LogP contribution in [0, 0.1) is 11.3 Å². The molecule has 1 heteroatoms. The van der Waals surface area contributed by atoms with Crippen molar-refractivity contribution in [2.24, 2.45) is 11.3 Å². The van der Waals surface area contributed by atoms with E-state index in [0.717, 1.165) is 12.2 Å². The van der Waals surface area contributed by atoms with Crippen molar-refractivity contribution in [3.63, 3.8) is 0 Å². The van der Waals surface area contributed by atoms with Crippen LogP contribution in [0.3, 0.4) is 0 Å². The number of hydrogen-bond acceptors (Lipinski definition) is 1. The molecule has 0 N–H and O–H groups in total. The summed E-state index contributed by atoms with van der Waals surface area (Å²) in [5.41, 5.74) is 0.457. The lowest BCUT2D eigenvalue weighted by Crippen LogP contribution is -2.09. The van der Waals surface area contributed by atoms with Crippen LogP contribution in [0.25, 0.3) is 0 Å². The average Bonchev–Trinajstić information content (AvgIpc) is 2.14. The van der Waals surface area contributed by atoms with Crippen molar-refractivity contribution in [2.75, 3.05) is 7.11 Å². The van der Waals surface area contributed by atoms with Gasteiger partial charge in [-0.2, -0.15) is 0 Å². The Balaban J connectivity index is 2.31. The van der Waals surface area contributed by atoms with Crippen molar-refractivity contribution in [1.29, 1.82) is 0 Å². The maximum atomic E-state index is 5.16. The quantitative estimate of drug-likeness (QED) is 0.661. The molecule has 0 aliphatic heterocycles. The van der Waals surface area contributed by atoms with Crippen LogP contribution in [-0.2, 0) is 4.74 Å². The van der Waals surface area contributed by atoms with Crippen LogP contribution in [0.2, 0.25) is 0 Å². The highest BCUT2D eigenvalue weighted by Crippen LogP contribution is 2.28. The van der Waals surface area contributed by atoms with Crippen LogP contribution >= 0.6 is 0 Å². The summed E-state index contributed by atoms with van der Waals surface area (Å²) in [6.45, 7) is 6.90. The molecule has 14 heavy (non-hydrogen) atoms. The molecule has 1 unspecified atom stereocenters. The van der Waals surface area contributed by atoms with Crippen LogP contribution in [0.15, 0.2) is 24.0 Å². The summed E-state index contributed by atoms with van der Waals surface area (Å²) in [6.07, 6.45) is 10.3. The fourth-order valence-corrected chi connectivity index (χ4v) is 1.63. The van der Waals surface area contributed by atoms with E-state index >= 15 is 0 Å². The second-order valence-corrected chi connectivity index (χ2v) is 5.26. The molecule has 0 spiro atoms. The van der Waals surface area contributed by atoms with Crippen molar-refractivity contribution in [1.82, 2.24) is 0 Å². The van der Waals surface area contributed by atoms with Crippen LogP contribution < -0.4 is 0 Å². The van der Waals surface area contributed by atoms with Gasteiger partial charge < -0.3 is 4.74 Å². The lowest BCUT2D eigenvalue weighted by molar-refractivity contribution is 0.297. The first kappa shape index (κ1) is 11.4. The van der Waals surface area contributed by atoms with Crippen molar-refractivity contribution in [3.8, 4) is 0 Å². The smallest absolute Gasteiger partial charge is 0.114 e. The number of methoxy groups -OCH3 is 1. The van der Waals surface area contributed by atoms with Crippen LogP contribution in [-0.4, -0.2) is 7.11 Å². The predicted molar refractivity (Wildman–Crippen MR) is 61.0 cm³/mol. The van der Waals surface area contributed by atoms with Gasteiger partial charge in [-0.15, -0.1) is 0 Å². The first-order valence-electron chi connectivity index (χ1n) is 5.43. The van der Waals surface area contributed by atoms with Gasteiger partial charge in [-0.05, 0) is 42.7 Å². The summed E-state index contributed by atoms with van der Waals surface area (Å²) in [7, 11) is 1.73. The monoisotopic (exact) mass is 194 g/mol. The molecule has 0 heterocycles. The Hall–Kier alpha value is -0.720. The Kier molecular flexibility index (Phi) is 3.79. The molecule has 0 fully saturated rings. The van der Waals surface area contributed by atoms with E-state index in [0.29, 0.717) is 11.3 Å². The van der Waals surface area contributed by atoms with Gasteiger partial charge in [0, 0.05) is 0 Å². The zero-order chi connectivity index (χ0) is 10.6. The van der Waals surface area contributed by atoms with Crippen molar-refractivity contribution >= 4 is 0 Å². The van der Waals surface area contributed by atoms with E-state index in [2.05, 4.69) is 39.0 Å². The van der Waals surface area contributed by atoms with Crippen molar-refractivity contribution < 1.29 is 4.74 Å². The predicted octanol–water partition coefficient (Wildman–Crippen LogP) is 3.92. The Morgan fingerprint density at radius 1 is 1.43 bits per heavy atom. The highest BCUT2D eigenvalue weighted by Gasteiger charge is 2.14. The van der Waals surface area contributed by atoms with Crippen molar-refractivity contribution in [3.05, 3.63) is 24.0 Å². The molecule has 0 amide bonds. The van der Waals surface area contributed by atoms with Gasteiger partial charge in [-0.3, -0.25) is 0 Å². The molecule has 1 aliphatic rings. The van der Waals surface area contributed by atoms with E-state index in [4.69, 9.17) is 4.74 Å². The van der Waals surface area contributed by atoms with Gasteiger partial charge in [-0.25, -0.2) is 0 Å². The van der Waals surface area contributed by atoms with E-state index in [1.54, 1.807) is 7.11 Å². The summed E-state index contributed by atoms with van der Waals surface area (Å²) in [6, 6.07) is 0. The molecule has 0 bridgehead atoms. The maximum Gasteiger partial charge on any atom is 0.114 e. The van der Waals surface area contributed by atoms with E-state index in [1.165, 1.54) is 12.8 Å². The SMILES string of the molecule is COC1=CCC(CCC(C)(C)C)C=C1. The molecule has 1 atom stereocenters. The lowest BCUT2D eigenvalue weighted by atomic mass is 9.84. The van der Waals surface area contributed by atoms with Gasteiger partial charge in [0.15, 0.2) is 0 Å². The number of hydrogen-bond donors (Lipinski definition) is 0. The van der Waals surface area contributed by atoms with Gasteiger partial charge in [0.05, 0.1) is 7.11 Å². The summed E-state index contributed by atoms with van der Waals surface area (Å²) in [4.78, 5) is 0. The third-order valence-corrected chi connectivity index (χ3v) is 2.66. The molecule has 0 aromatic heterocycles. The molecule has 1 nitrogen and oxygen atoms in total. The molecule has 0 saturated carbocycles. The summed E-state index contributed by atoms with van der Waals surface area (Å²) in [5.74, 6) is 1.73. The van der Waals surface area contributed by atoms with Crippen LogP contribution in [0.4, 0.5) is 0 Å². The minimum atomic E-state index is 0.457. The second kappa shape index (κ2) is 4.68. The van der Waals surface area contributed by atoms with Gasteiger partial charge in [0.1, 0.15) is 5.76 Å². The Labute approximate surface area is 87.8 Å². The Bertz CT molecular complexity index is 230. The summed E-state index contributed by atoms with van der Waals surface area (Å²) >= 11 is 0. The zero-order valence-electron chi connectivity index (χ0n) is 9.84. The first-order chi connectivity index (χ1) is 6.51. The fourth-order valence-electron chi connectivity index (χ4n) is 1.63. The summed E-state index contributed by atoms with van der Waals surface area (Å²) in [5, 5.41) is 0. The minimum Gasteiger partial charge on any atom is -0.497 e. The standard InChI is InChI=1S/C13H22O/c1-13(2,3)10-9-11-5-7-12(14-4)8-6-11/h5,7-8,11H,6,9-10H2,1-4H3. The van der Waals surface area contributed by atoms with Gasteiger partial charge in [0.25, 0.3) is 0 Å². The largest absolute Gasteiger partial charge is 0.497 e. The number of allylic oxidation sites excluding steroid dienone is 3. The molecule has 1 rings (SSSR count). The van der Waals surface area contributed by atoms with Gasteiger partial charge in [-0.1, -0.05) is 26.8 Å². The van der Waals surface area contributed by atoms with Gasteiger partial charge in [0.2, 0.25) is 0 Å². The molecule has 80 valence electrons. The van der Waals surface area contributed by atoms with E-state index in [-0.39, 0.29) is 0 Å². The first-order valence-corrected chi connectivity index (χ1v) is 5.43. The third-order valence-electron chi connectivity index (χ3n) is 2.66. The average molecular weight is 194 g/mol. The second-order valence-electron chi connectivity index (χ2n) is 5.26. The maximum absolute atomic E-state index is 5.16. The molecule has 0 radical (unpaired) electrons. The molecule has 1 aliphatic carbocycles. The number of rotatable bonds is 3. The van der Waals surface area contributed by atoms with Crippen LogP contribution in [0.5, 0.6) is 0 Å². The molecule has 0 aromatic rings. The Morgan fingerprint density at radius 2 is 2.14 bits per heavy atom. The molecular formula is C13H22O. The van der Waals surface area contributed by atoms with Crippen LogP contribution in [0.1, 0.15) is 40.0 Å². The fraction of sp³-hybridized carbons (Fsp3) is 0.692. The number of ether oxygens (including phenoxy) is 1. The Morgan fingerprint density at radius 3 is 2.57 bits per heavy atom. The van der Waals surface area contributed by atoms with Gasteiger partial charge >= 0.3 is 0 Å². The summed E-state index contributed by atoms with van der Waals surface area (Å²) < 4.78 is 5.16. The highest BCUT2D eigenvalue weighted by atomic mass is 16.5. The van der Waals surface area contributed by atoms with Crippen molar-refractivity contribution in [2.45, 2.75) is 40.0 Å². The normalized spacial score (nSPS) is 22.0. The zero-order valence-corrected chi connectivity index (χ0v) is 9.84. The lowest BCUT2D eigenvalue weighted by Gasteiger charge is -2.22. The molecular weight excluding hydrogens is 172 g/mol. The highest BCUT2D eigenvalue weighted by molar-refractivity contribution is 5.17. The minimum absolute atomic E-state index is 0.457. The van der Waals surface area contributed by atoms with E-state index in [9.17, 15) is 0 Å². The topological polar surface area (TPSA) is 9.23 Å².